The molecule has 0 saturated carbocycles. The number of carbonyl (C=O) groups excluding carboxylic acids is 1. The van der Waals surface area contributed by atoms with Gasteiger partial charge in [0.2, 0.25) is 5.91 Å². The van der Waals surface area contributed by atoms with Crippen molar-refractivity contribution in [2.45, 2.75) is 65.7 Å². The maximum absolute atomic E-state index is 11.3. The van der Waals surface area contributed by atoms with Gasteiger partial charge in [0.05, 0.1) is 0 Å². The summed E-state index contributed by atoms with van der Waals surface area (Å²) in [6, 6.07) is 0. The first-order chi connectivity index (χ1) is 8.16. The topological polar surface area (TPSA) is 29.1 Å². The Labute approximate surface area is 107 Å². The summed E-state index contributed by atoms with van der Waals surface area (Å²) in [5, 5.41) is 2.88. The van der Waals surface area contributed by atoms with Crippen molar-refractivity contribution in [3.8, 4) is 0 Å². The van der Waals surface area contributed by atoms with Gasteiger partial charge >= 0.3 is 0 Å². The number of allylic oxidation sites excluding steroid dienone is 1. The van der Waals surface area contributed by atoms with E-state index >= 15 is 0 Å². The molecule has 0 saturated heterocycles. The van der Waals surface area contributed by atoms with Crippen LogP contribution in [0.4, 0.5) is 0 Å². The maximum Gasteiger partial charge on any atom is 0.243 e. The Bertz CT molecular complexity index is 209. The monoisotopic (exact) mass is 239 g/mol. The highest BCUT2D eigenvalue weighted by molar-refractivity contribution is 5.87. The first-order valence-corrected chi connectivity index (χ1v) is 7.11. The van der Waals surface area contributed by atoms with Crippen LogP contribution in [-0.4, -0.2) is 12.5 Å². The van der Waals surface area contributed by atoms with Crippen LogP contribution in [-0.2, 0) is 4.79 Å². The molecular formula is C15H29NO. The molecule has 1 amide bonds. The molecule has 2 heteroatoms. The third kappa shape index (κ3) is 13.1. The predicted octanol–water partition coefficient (Wildman–Crippen LogP) is 4.07. The zero-order chi connectivity index (χ0) is 12.9. The van der Waals surface area contributed by atoms with Crippen molar-refractivity contribution in [1.82, 2.24) is 5.32 Å². The molecule has 2 nitrogen and oxygen atoms in total. The van der Waals surface area contributed by atoms with Crippen molar-refractivity contribution in [3.63, 3.8) is 0 Å². The minimum absolute atomic E-state index is 0.0460. The average Bonchev–Trinajstić information content (AvgIpc) is 2.30. The molecule has 0 aromatic carbocycles. The van der Waals surface area contributed by atoms with E-state index in [1.165, 1.54) is 38.5 Å². The van der Waals surface area contributed by atoms with Crippen LogP contribution in [0.3, 0.4) is 0 Å². The molecule has 0 rings (SSSR count). The lowest BCUT2D eigenvalue weighted by Crippen LogP contribution is -2.25. The van der Waals surface area contributed by atoms with Crippen LogP contribution in [0.5, 0.6) is 0 Å². The molecule has 0 fully saturated rings. The van der Waals surface area contributed by atoms with Gasteiger partial charge < -0.3 is 5.32 Å². The van der Waals surface area contributed by atoms with Gasteiger partial charge in [-0.3, -0.25) is 4.79 Å². The lowest BCUT2D eigenvalue weighted by molar-refractivity contribution is -0.116. The van der Waals surface area contributed by atoms with Gasteiger partial charge in [-0.2, -0.15) is 0 Å². The Balaban J connectivity index is 3.32. The van der Waals surface area contributed by atoms with Gasteiger partial charge in [-0.25, -0.2) is 0 Å². The number of rotatable bonds is 10. The van der Waals surface area contributed by atoms with E-state index in [-0.39, 0.29) is 5.91 Å². The SMILES string of the molecule is CCCCCCCCC=CC(=O)NCC(C)C. The highest BCUT2D eigenvalue weighted by atomic mass is 16.1. The number of carbonyl (C=O) groups is 1. The lowest BCUT2D eigenvalue weighted by Gasteiger charge is -2.04. The maximum atomic E-state index is 11.3. The van der Waals surface area contributed by atoms with Crippen molar-refractivity contribution in [3.05, 3.63) is 12.2 Å². The van der Waals surface area contributed by atoms with E-state index in [9.17, 15) is 4.79 Å². The molecule has 0 heterocycles. The third-order valence-corrected chi connectivity index (χ3v) is 2.68. The minimum atomic E-state index is 0.0460. The summed E-state index contributed by atoms with van der Waals surface area (Å²) in [6.45, 7) is 7.19. The molecule has 0 aliphatic rings. The second-order valence-corrected chi connectivity index (χ2v) is 5.10. The van der Waals surface area contributed by atoms with Crippen LogP contribution in [0.1, 0.15) is 65.7 Å². The van der Waals surface area contributed by atoms with Crippen molar-refractivity contribution in [1.29, 1.82) is 0 Å². The molecule has 17 heavy (non-hydrogen) atoms. The van der Waals surface area contributed by atoms with Crippen molar-refractivity contribution in [2.75, 3.05) is 6.54 Å². The van der Waals surface area contributed by atoms with Crippen LogP contribution in [0.25, 0.3) is 0 Å². The van der Waals surface area contributed by atoms with Crippen molar-refractivity contribution < 1.29 is 4.79 Å². The molecule has 0 atom stereocenters. The molecule has 0 bridgehead atoms. The molecular weight excluding hydrogens is 210 g/mol. The first kappa shape index (κ1) is 16.2. The molecule has 0 unspecified atom stereocenters. The van der Waals surface area contributed by atoms with Gasteiger partial charge in [0.1, 0.15) is 0 Å². The Hall–Kier alpha value is -0.790. The van der Waals surface area contributed by atoms with E-state index in [0.29, 0.717) is 5.92 Å². The smallest absolute Gasteiger partial charge is 0.243 e. The Morgan fingerprint density at radius 3 is 2.41 bits per heavy atom. The summed E-state index contributed by atoms with van der Waals surface area (Å²) in [5.41, 5.74) is 0. The zero-order valence-electron chi connectivity index (χ0n) is 11.8. The Kier molecular flexibility index (Phi) is 11.1. The quantitative estimate of drug-likeness (QED) is 0.452. The largest absolute Gasteiger partial charge is 0.352 e. The van der Waals surface area contributed by atoms with E-state index < -0.39 is 0 Å². The van der Waals surface area contributed by atoms with Crippen LogP contribution < -0.4 is 5.32 Å². The van der Waals surface area contributed by atoms with E-state index in [1.807, 2.05) is 6.08 Å². The van der Waals surface area contributed by atoms with E-state index in [4.69, 9.17) is 0 Å². The molecule has 0 aromatic rings. The fourth-order valence-corrected chi connectivity index (χ4v) is 1.60. The van der Waals surface area contributed by atoms with Crippen LogP contribution in [0.2, 0.25) is 0 Å². The van der Waals surface area contributed by atoms with E-state index in [0.717, 1.165) is 13.0 Å². The number of nitrogens with one attached hydrogen (secondary N) is 1. The highest BCUT2D eigenvalue weighted by Gasteiger charge is 1.96. The summed E-state index contributed by atoms with van der Waals surface area (Å²) in [6.07, 6.45) is 12.5. The summed E-state index contributed by atoms with van der Waals surface area (Å²) >= 11 is 0. The number of unbranched alkanes of at least 4 members (excludes halogenated alkanes) is 6. The van der Waals surface area contributed by atoms with Gasteiger partial charge in [-0.15, -0.1) is 0 Å². The molecule has 0 spiro atoms. The van der Waals surface area contributed by atoms with Crippen LogP contribution in [0.15, 0.2) is 12.2 Å². The van der Waals surface area contributed by atoms with Gasteiger partial charge in [0.25, 0.3) is 0 Å². The molecule has 0 radical (unpaired) electrons. The summed E-state index contributed by atoms with van der Waals surface area (Å²) in [7, 11) is 0. The fourth-order valence-electron chi connectivity index (χ4n) is 1.60. The van der Waals surface area contributed by atoms with E-state index in [2.05, 4.69) is 26.1 Å². The van der Waals surface area contributed by atoms with Crippen molar-refractivity contribution >= 4 is 5.91 Å². The lowest BCUT2D eigenvalue weighted by atomic mass is 10.1. The van der Waals surface area contributed by atoms with Gasteiger partial charge in [0, 0.05) is 6.54 Å². The average molecular weight is 239 g/mol. The van der Waals surface area contributed by atoms with E-state index in [1.54, 1.807) is 6.08 Å². The molecule has 1 N–H and O–H groups in total. The Morgan fingerprint density at radius 1 is 1.12 bits per heavy atom. The number of hydrogen-bond donors (Lipinski definition) is 1. The molecule has 0 aliphatic carbocycles. The highest BCUT2D eigenvalue weighted by Crippen LogP contribution is 2.06. The molecule has 0 aromatic heterocycles. The molecule has 0 aliphatic heterocycles. The van der Waals surface area contributed by atoms with Crippen LogP contribution in [0, 0.1) is 5.92 Å². The van der Waals surface area contributed by atoms with Gasteiger partial charge in [-0.05, 0) is 24.8 Å². The van der Waals surface area contributed by atoms with Crippen LogP contribution >= 0.6 is 0 Å². The standard InChI is InChI=1S/C15H29NO/c1-4-5-6-7-8-9-10-11-12-15(17)16-13-14(2)3/h11-12,14H,4-10,13H2,1-3H3,(H,16,17). The summed E-state index contributed by atoms with van der Waals surface area (Å²) < 4.78 is 0. The minimum Gasteiger partial charge on any atom is -0.352 e. The van der Waals surface area contributed by atoms with Gasteiger partial charge in [0.15, 0.2) is 0 Å². The normalized spacial score (nSPS) is 11.3. The predicted molar refractivity (Wildman–Crippen MR) is 75.0 cm³/mol. The first-order valence-electron chi connectivity index (χ1n) is 7.11. The van der Waals surface area contributed by atoms with Crippen molar-refractivity contribution in [2.24, 2.45) is 5.92 Å². The number of amides is 1. The Morgan fingerprint density at radius 2 is 1.76 bits per heavy atom. The summed E-state index contributed by atoms with van der Waals surface area (Å²) in [4.78, 5) is 11.3. The van der Waals surface area contributed by atoms with Gasteiger partial charge in [-0.1, -0.05) is 59.0 Å². The third-order valence-electron chi connectivity index (χ3n) is 2.68. The fraction of sp³-hybridized carbons (Fsp3) is 0.800. The zero-order valence-corrected chi connectivity index (χ0v) is 11.8. The second-order valence-electron chi connectivity index (χ2n) is 5.10. The molecule has 100 valence electrons. The summed E-state index contributed by atoms with van der Waals surface area (Å²) in [5.74, 6) is 0.565. The number of hydrogen-bond acceptors (Lipinski definition) is 1. The second kappa shape index (κ2) is 11.7.